The van der Waals surface area contributed by atoms with Gasteiger partial charge in [-0.15, -0.1) is 0 Å². The van der Waals surface area contributed by atoms with Gasteiger partial charge in [0.1, 0.15) is 5.97 Å². The summed E-state index contributed by atoms with van der Waals surface area (Å²) in [5.41, 5.74) is 0. The summed E-state index contributed by atoms with van der Waals surface area (Å²) >= 11 is 0. The largest absolute Gasteiger partial charge is 1.00 e. The third-order valence-electron chi connectivity index (χ3n) is 1.67. The summed E-state index contributed by atoms with van der Waals surface area (Å²) in [7, 11) is 0. The first-order valence-electron chi connectivity index (χ1n) is 4.56. The summed E-state index contributed by atoms with van der Waals surface area (Å²) in [6.45, 7) is 5.74. The van der Waals surface area contributed by atoms with Crippen LogP contribution in [0.3, 0.4) is 0 Å². The van der Waals surface area contributed by atoms with Gasteiger partial charge in [0.2, 0.25) is 5.79 Å². The van der Waals surface area contributed by atoms with E-state index in [0.29, 0.717) is 6.61 Å². The quantitative estimate of drug-likeness (QED) is 0.270. The monoisotopic (exact) mass is 228 g/mol. The van der Waals surface area contributed by atoms with Crippen molar-refractivity contribution < 1.29 is 70.8 Å². The topological polar surface area (TPSA) is 58.6 Å². The molecule has 0 spiro atoms. The van der Waals surface area contributed by atoms with E-state index in [9.17, 15) is 9.90 Å². The summed E-state index contributed by atoms with van der Waals surface area (Å²) in [6, 6.07) is 0. The molecule has 0 rings (SSSR count). The van der Waals surface area contributed by atoms with E-state index in [1.807, 2.05) is 6.92 Å². The number of carboxylic acids is 1. The predicted molar refractivity (Wildman–Crippen MR) is 45.9 cm³/mol. The van der Waals surface area contributed by atoms with Crippen molar-refractivity contribution in [3.63, 3.8) is 0 Å². The molecule has 0 fully saturated rings. The third-order valence-corrected chi connectivity index (χ3v) is 1.67. The Balaban J connectivity index is 0. The molecule has 0 aliphatic heterocycles. The molecule has 0 saturated carbocycles. The normalized spacial score (nSPS) is 14.2. The second-order valence-electron chi connectivity index (χ2n) is 2.87. The zero-order valence-electron chi connectivity index (χ0n) is 9.46. The van der Waals surface area contributed by atoms with Crippen LogP contribution in [0.5, 0.6) is 0 Å². The summed E-state index contributed by atoms with van der Waals surface area (Å²) in [5.74, 6) is -2.92. The van der Waals surface area contributed by atoms with Crippen molar-refractivity contribution in [3.05, 3.63) is 0 Å². The molecule has 0 N–H and O–H groups in total. The van der Waals surface area contributed by atoms with Crippen molar-refractivity contribution in [2.75, 3.05) is 13.2 Å². The molecule has 0 aromatic rings. The van der Waals surface area contributed by atoms with Crippen LogP contribution in [0.1, 0.15) is 33.6 Å². The number of carbonyl (C=O) groups excluding carboxylic acids is 1. The van der Waals surface area contributed by atoms with Gasteiger partial charge in [-0.1, -0.05) is 13.3 Å². The molecule has 4 nitrogen and oxygen atoms in total. The van der Waals surface area contributed by atoms with E-state index in [0.717, 1.165) is 12.8 Å². The number of rotatable bonds is 7. The minimum Gasteiger partial charge on any atom is -0.544 e. The summed E-state index contributed by atoms with van der Waals surface area (Å²) in [6.07, 6.45) is 1.77. The van der Waals surface area contributed by atoms with Gasteiger partial charge in [-0.3, -0.25) is 0 Å². The number of aliphatic carboxylic acids is 1. The van der Waals surface area contributed by atoms with Crippen LogP contribution in [0, 0.1) is 0 Å². The van der Waals surface area contributed by atoms with Gasteiger partial charge >= 0.3 is 51.4 Å². The number of ether oxygens (including phenoxy) is 2. The van der Waals surface area contributed by atoms with Crippen molar-refractivity contribution >= 4 is 5.97 Å². The fraction of sp³-hybridized carbons (Fsp3) is 0.889. The molecule has 78 valence electrons. The van der Waals surface area contributed by atoms with Crippen LogP contribution >= 0.6 is 0 Å². The van der Waals surface area contributed by atoms with Crippen molar-refractivity contribution in [2.24, 2.45) is 0 Å². The third kappa shape index (κ3) is 6.50. The second kappa shape index (κ2) is 9.27. The van der Waals surface area contributed by atoms with Gasteiger partial charge in [0, 0.05) is 6.61 Å². The van der Waals surface area contributed by atoms with E-state index < -0.39 is 11.8 Å². The van der Waals surface area contributed by atoms with E-state index in [1.54, 1.807) is 6.92 Å². The Labute approximate surface area is 128 Å². The Morgan fingerprint density at radius 3 is 2.29 bits per heavy atom. The number of carboxylic acid groups (broad SMARTS) is 1. The molecule has 14 heavy (non-hydrogen) atoms. The molecule has 0 heterocycles. The van der Waals surface area contributed by atoms with E-state index >= 15 is 0 Å². The standard InChI is InChI=1S/C9H18O4.K/c1-4-6-7-13-9(3,8(10)11)12-5-2;/h4-7H2,1-3H3,(H,10,11);/q;+1/p-1. The zero-order chi connectivity index (χ0) is 10.3. The molecule has 0 bridgehead atoms. The average molecular weight is 228 g/mol. The first-order chi connectivity index (χ1) is 6.06. The first-order valence-corrected chi connectivity index (χ1v) is 4.56. The van der Waals surface area contributed by atoms with Crippen LogP contribution in [0.25, 0.3) is 0 Å². The molecule has 1 unspecified atom stereocenters. The summed E-state index contributed by atoms with van der Waals surface area (Å²) in [4.78, 5) is 10.6. The maximum atomic E-state index is 10.6. The molecule has 5 heteroatoms. The van der Waals surface area contributed by atoms with Crippen molar-refractivity contribution in [2.45, 2.75) is 39.4 Å². The molecule has 0 aromatic carbocycles. The molecule has 0 amide bonds. The van der Waals surface area contributed by atoms with E-state index in [4.69, 9.17) is 9.47 Å². The van der Waals surface area contributed by atoms with Crippen molar-refractivity contribution in [1.82, 2.24) is 0 Å². The molecule has 0 aliphatic rings. The molecular weight excluding hydrogens is 211 g/mol. The van der Waals surface area contributed by atoms with Gasteiger partial charge in [0.25, 0.3) is 0 Å². The van der Waals surface area contributed by atoms with Gasteiger partial charge in [0.05, 0.1) is 6.61 Å². The molecule has 0 radical (unpaired) electrons. The number of carbonyl (C=O) groups is 1. The minimum absolute atomic E-state index is 0. The average Bonchev–Trinajstić information content (AvgIpc) is 2.05. The minimum atomic E-state index is -1.59. The van der Waals surface area contributed by atoms with Crippen LogP contribution in [-0.4, -0.2) is 25.0 Å². The van der Waals surface area contributed by atoms with Gasteiger partial charge < -0.3 is 19.4 Å². The number of hydrogen-bond donors (Lipinski definition) is 0. The number of hydrogen-bond acceptors (Lipinski definition) is 4. The van der Waals surface area contributed by atoms with Gasteiger partial charge in [0.15, 0.2) is 0 Å². The maximum absolute atomic E-state index is 10.6. The zero-order valence-corrected chi connectivity index (χ0v) is 12.6. The van der Waals surface area contributed by atoms with Crippen LogP contribution in [0.2, 0.25) is 0 Å². The Morgan fingerprint density at radius 1 is 1.36 bits per heavy atom. The van der Waals surface area contributed by atoms with Crippen LogP contribution < -0.4 is 56.5 Å². The van der Waals surface area contributed by atoms with E-state index in [1.165, 1.54) is 6.92 Å². The fourth-order valence-electron chi connectivity index (χ4n) is 0.846. The molecule has 0 saturated heterocycles. The Kier molecular flexibility index (Phi) is 11.5. The molecule has 0 aromatic heterocycles. The maximum Gasteiger partial charge on any atom is 1.00 e. The smallest absolute Gasteiger partial charge is 0.544 e. The fourth-order valence-corrected chi connectivity index (χ4v) is 0.846. The van der Waals surface area contributed by atoms with Crippen LogP contribution in [-0.2, 0) is 14.3 Å². The Bertz CT molecular complexity index is 163. The van der Waals surface area contributed by atoms with Crippen LogP contribution in [0.15, 0.2) is 0 Å². The SMILES string of the molecule is CCCCOC(C)(OCC)C(=O)[O-].[K+]. The van der Waals surface area contributed by atoms with Crippen molar-refractivity contribution in [1.29, 1.82) is 0 Å². The van der Waals surface area contributed by atoms with Gasteiger partial charge in [-0.2, -0.15) is 0 Å². The second-order valence-corrected chi connectivity index (χ2v) is 2.87. The van der Waals surface area contributed by atoms with Crippen LogP contribution in [0.4, 0.5) is 0 Å². The predicted octanol–water partition coefficient (Wildman–Crippen LogP) is -2.69. The molecule has 0 aliphatic carbocycles. The van der Waals surface area contributed by atoms with Gasteiger partial charge in [-0.05, 0) is 20.3 Å². The molecule has 1 atom stereocenters. The Morgan fingerprint density at radius 2 is 1.93 bits per heavy atom. The molecular formula is C9H17KO4. The Hall–Kier alpha value is 1.03. The van der Waals surface area contributed by atoms with Crippen molar-refractivity contribution in [3.8, 4) is 0 Å². The first kappa shape index (κ1) is 17.4. The van der Waals surface area contributed by atoms with E-state index in [-0.39, 0.29) is 58.0 Å². The summed E-state index contributed by atoms with van der Waals surface area (Å²) in [5, 5.41) is 10.6. The summed E-state index contributed by atoms with van der Waals surface area (Å²) < 4.78 is 10.0. The number of unbranched alkanes of at least 4 members (excludes halogenated alkanes) is 1. The van der Waals surface area contributed by atoms with E-state index in [2.05, 4.69) is 0 Å². The van der Waals surface area contributed by atoms with Gasteiger partial charge in [-0.25, -0.2) is 0 Å².